The molecule has 1 saturated heterocycles. The number of piperazine rings is 1. The van der Waals surface area contributed by atoms with Crippen LogP contribution in [0.5, 0.6) is 5.88 Å². The van der Waals surface area contributed by atoms with Crippen LogP contribution in [0.15, 0.2) is 18.3 Å². The Morgan fingerprint density at radius 3 is 2.80 bits per heavy atom. The van der Waals surface area contributed by atoms with Crippen molar-refractivity contribution >= 4 is 28.6 Å². The molecule has 0 radical (unpaired) electrons. The number of anilines is 3. The summed E-state index contributed by atoms with van der Waals surface area (Å²) < 4.78 is 12.9. The summed E-state index contributed by atoms with van der Waals surface area (Å²) in [6.07, 6.45) is 1.78. The van der Waals surface area contributed by atoms with Crippen LogP contribution in [0.2, 0.25) is 0 Å². The largest absolute Gasteiger partial charge is 0.478 e. The van der Waals surface area contributed by atoms with E-state index in [9.17, 15) is 0 Å². The molecule has 3 aromatic rings. The fourth-order valence-corrected chi connectivity index (χ4v) is 3.46. The Hall–Kier alpha value is -2.98. The molecular formula is C20H28N8O2. The maximum absolute atomic E-state index is 5.54. The third-order valence-corrected chi connectivity index (χ3v) is 4.95. The minimum atomic E-state index is 0.473. The third kappa shape index (κ3) is 4.29. The smallest absolute Gasteiger partial charge is 0.259 e. The molecule has 1 aliphatic rings. The van der Waals surface area contributed by atoms with Gasteiger partial charge in [0.1, 0.15) is 11.3 Å². The molecule has 0 atom stereocenters. The molecule has 160 valence electrons. The summed E-state index contributed by atoms with van der Waals surface area (Å²) in [5.74, 6) is 2.50. The van der Waals surface area contributed by atoms with Gasteiger partial charge in [-0.1, -0.05) is 0 Å². The summed E-state index contributed by atoms with van der Waals surface area (Å²) in [4.78, 5) is 16.3. The van der Waals surface area contributed by atoms with Crippen LogP contribution in [0.1, 0.15) is 12.5 Å². The van der Waals surface area contributed by atoms with Crippen molar-refractivity contribution in [3.05, 3.63) is 23.9 Å². The van der Waals surface area contributed by atoms with Crippen molar-refractivity contribution in [1.29, 1.82) is 0 Å². The zero-order valence-electron chi connectivity index (χ0n) is 17.7. The lowest BCUT2D eigenvalue weighted by Crippen LogP contribution is -2.44. The van der Waals surface area contributed by atoms with Crippen molar-refractivity contribution in [2.75, 3.05) is 56.7 Å². The average Bonchev–Trinajstić information content (AvgIpc) is 3.12. The number of fused-ring (bicyclic) bond motifs is 1. The van der Waals surface area contributed by atoms with Crippen LogP contribution in [0.25, 0.3) is 11.0 Å². The molecule has 0 aliphatic carbocycles. The van der Waals surface area contributed by atoms with Gasteiger partial charge in [0.15, 0.2) is 11.3 Å². The van der Waals surface area contributed by atoms with Crippen molar-refractivity contribution in [2.24, 2.45) is 0 Å². The predicted octanol–water partition coefficient (Wildman–Crippen LogP) is 1.73. The normalized spacial score (nSPS) is 14.3. The Kier molecular flexibility index (Phi) is 6.24. The number of pyridine rings is 1. The molecule has 0 spiro atoms. The van der Waals surface area contributed by atoms with Gasteiger partial charge in [0.05, 0.1) is 20.3 Å². The van der Waals surface area contributed by atoms with E-state index in [2.05, 4.69) is 25.6 Å². The van der Waals surface area contributed by atoms with Gasteiger partial charge in [0.25, 0.3) is 5.88 Å². The molecule has 3 aromatic heterocycles. The quantitative estimate of drug-likeness (QED) is 0.536. The van der Waals surface area contributed by atoms with Gasteiger partial charge in [-0.2, -0.15) is 4.98 Å². The Morgan fingerprint density at radius 1 is 1.23 bits per heavy atom. The zero-order valence-corrected chi connectivity index (χ0v) is 17.7. The summed E-state index contributed by atoms with van der Waals surface area (Å²) in [7, 11) is 1.61. The van der Waals surface area contributed by atoms with Gasteiger partial charge >= 0.3 is 0 Å². The van der Waals surface area contributed by atoms with Gasteiger partial charge in [-0.05, 0) is 31.5 Å². The summed E-state index contributed by atoms with van der Waals surface area (Å²) >= 11 is 0. The topological polar surface area (TPSA) is 102 Å². The Labute approximate surface area is 175 Å². The molecule has 0 amide bonds. The second-order valence-corrected chi connectivity index (χ2v) is 7.08. The monoisotopic (exact) mass is 412 g/mol. The molecule has 1 aliphatic heterocycles. The number of aryl methyl sites for hydroxylation is 1. The number of hydrogen-bond donors (Lipinski definition) is 2. The fourth-order valence-electron chi connectivity index (χ4n) is 3.46. The summed E-state index contributed by atoms with van der Waals surface area (Å²) in [5.41, 5.74) is 2.56. The molecular weight excluding hydrogens is 384 g/mol. The van der Waals surface area contributed by atoms with Crippen molar-refractivity contribution in [3.63, 3.8) is 0 Å². The zero-order chi connectivity index (χ0) is 20.9. The summed E-state index contributed by atoms with van der Waals surface area (Å²) in [6, 6.07) is 3.94. The van der Waals surface area contributed by atoms with Crippen LogP contribution in [-0.2, 0) is 11.3 Å². The third-order valence-electron chi connectivity index (χ3n) is 4.95. The first-order valence-electron chi connectivity index (χ1n) is 10.2. The fraction of sp³-hybridized carbons (Fsp3) is 0.500. The molecule has 10 heteroatoms. The van der Waals surface area contributed by atoms with Crippen LogP contribution < -0.4 is 20.3 Å². The van der Waals surface area contributed by atoms with Crippen molar-refractivity contribution < 1.29 is 9.47 Å². The Morgan fingerprint density at radius 2 is 2.07 bits per heavy atom. The Balaban J connectivity index is 1.81. The van der Waals surface area contributed by atoms with Crippen LogP contribution in [0, 0.1) is 6.92 Å². The number of nitrogens with one attached hydrogen (secondary N) is 2. The van der Waals surface area contributed by atoms with E-state index in [4.69, 9.17) is 19.4 Å². The van der Waals surface area contributed by atoms with Gasteiger partial charge in [-0.15, -0.1) is 5.10 Å². The predicted molar refractivity (Wildman–Crippen MR) is 116 cm³/mol. The Bertz CT molecular complexity index is 1000. The maximum Gasteiger partial charge on any atom is 0.259 e. The van der Waals surface area contributed by atoms with Gasteiger partial charge in [0, 0.05) is 39.0 Å². The minimum Gasteiger partial charge on any atom is -0.478 e. The van der Waals surface area contributed by atoms with Crippen LogP contribution in [-0.4, -0.2) is 71.2 Å². The molecule has 2 N–H and O–H groups in total. The van der Waals surface area contributed by atoms with E-state index in [0.717, 1.165) is 43.1 Å². The standard InChI is InChI=1S/C20H28N8O2/c1-4-30-12-11-28-17-16(19(26-28)29-3)24-20(27-9-7-21-8-10-27)25-18(17)23-15-13-14(2)5-6-22-15/h5-6,13,21H,4,7-12H2,1-3H3,(H,22,23,24,25). The highest BCUT2D eigenvalue weighted by Crippen LogP contribution is 2.31. The average molecular weight is 412 g/mol. The second-order valence-electron chi connectivity index (χ2n) is 7.08. The number of rotatable bonds is 8. The first kappa shape index (κ1) is 20.3. The molecule has 0 unspecified atom stereocenters. The van der Waals surface area contributed by atoms with Gasteiger partial charge in [-0.25, -0.2) is 9.97 Å². The molecule has 0 saturated carbocycles. The highest BCUT2D eigenvalue weighted by molar-refractivity contribution is 5.92. The minimum absolute atomic E-state index is 0.473. The van der Waals surface area contributed by atoms with E-state index in [1.165, 1.54) is 0 Å². The van der Waals surface area contributed by atoms with Crippen LogP contribution in [0.3, 0.4) is 0 Å². The van der Waals surface area contributed by atoms with E-state index in [-0.39, 0.29) is 0 Å². The van der Waals surface area contributed by atoms with Gasteiger partial charge in [0.2, 0.25) is 5.95 Å². The first-order chi connectivity index (χ1) is 14.7. The number of aromatic nitrogens is 5. The molecule has 30 heavy (non-hydrogen) atoms. The van der Waals surface area contributed by atoms with Gasteiger partial charge in [-0.3, -0.25) is 4.68 Å². The molecule has 0 bridgehead atoms. The van der Waals surface area contributed by atoms with Crippen LogP contribution >= 0.6 is 0 Å². The molecule has 0 aromatic carbocycles. The molecule has 4 heterocycles. The molecule has 1 fully saturated rings. The lowest BCUT2D eigenvalue weighted by Gasteiger charge is -2.27. The highest BCUT2D eigenvalue weighted by atomic mass is 16.5. The van der Waals surface area contributed by atoms with Crippen molar-refractivity contribution in [1.82, 2.24) is 30.0 Å². The first-order valence-corrected chi connectivity index (χ1v) is 10.2. The summed E-state index contributed by atoms with van der Waals surface area (Å²) in [5, 5.41) is 11.3. The lowest BCUT2D eigenvalue weighted by atomic mass is 10.3. The van der Waals surface area contributed by atoms with Crippen molar-refractivity contribution in [3.8, 4) is 5.88 Å². The van der Waals surface area contributed by atoms with E-state index in [1.54, 1.807) is 13.3 Å². The SMILES string of the molecule is CCOCCn1nc(OC)c2nc(N3CCNCC3)nc(Nc3cc(C)ccn3)c21. The van der Waals surface area contributed by atoms with E-state index in [1.807, 2.05) is 30.7 Å². The van der Waals surface area contributed by atoms with E-state index >= 15 is 0 Å². The highest BCUT2D eigenvalue weighted by Gasteiger charge is 2.23. The lowest BCUT2D eigenvalue weighted by molar-refractivity contribution is 0.137. The van der Waals surface area contributed by atoms with Crippen LogP contribution in [0.4, 0.5) is 17.6 Å². The van der Waals surface area contributed by atoms with Gasteiger partial charge < -0.3 is 25.0 Å². The van der Waals surface area contributed by atoms with E-state index < -0.39 is 0 Å². The number of hydrogen-bond acceptors (Lipinski definition) is 9. The second kappa shape index (κ2) is 9.23. The van der Waals surface area contributed by atoms with Crippen molar-refractivity contribution in [2.45, 2.75) is 20.4 Å². The number of ether oxygens (including phenoxy) is 2. The molecule has 10 nitrogen and oxygen atoms in total. The maximum atomic E-state index is 5.54. The number of methoxy groups -OCH3 is 1. The summed E-state index contributed by atoms with van der Waals surface area (Å²) in [6.45, 7) is 9.24. The number of nitrogens with zero attached hydrogens (tertiary/aromatic N) is 6. The molecule has 4 rings (SSSR count). The van der Waals surface area contributed by atoms with E-state index in [0.29, 0.717) is 42.9 Å².